The van der Waals surface area contributed by atoms with Crippen LogP contribution in [0.25, 0.3) is 0 Å². The molecule has 2 N–H and O–H groups in total. The average Bonchev–Trinajstić information content (AvgIpc) is 3.26. The summed E-state index contributed by atoms with van der Waals surface area (Å²) in [6.45, 7) is 0. The lowest BCUT2D eigenvalue weighted by molar-refractivity contribution is -0.160. The summed E-state index contributed by atoms with van der Waals surface area (Å²) in [4.78, 5) is 38.8. The van der Waals surface area contributed by atoms with Crippen LogP contribution in [0.4, 0.5) is 0 Å². The number of thiophene rings is 1. The number of nitrogens with zero attached hydrogens (tertiary/aromatic N) is 1. The molecule has 2 saturated heterocycles. The van der Waals surface area contributed by atoms with E-state index < -0.39 is 18.1 Å². The van der Waals surface area contributed by atoms with Crippen molar-refractivity contribution in [1.29, 1.82) is 0 Å². The van der Waals surface area contributed by atoms with Crippen LogP contribution >= 0.6 is 23.1 Å². The molecule has 0 unspecified atom stereocenters. The molecule has 134 valence electrons. The predicted octanol–water partition coefficient (Wildman–Crippen LogP) is 1.88. The van der Waals surface area contributed by atoms with Crippen molar-refractivity contribution in [3.05, 3.63) is 58.3 Å². The summed E-state index contributed by atoms with van der Waals surface area (Å²) in [7, 11) is 0. The van der Waals surface area contributed by atoms with Crippen LogP contribution in [-0.4, -0.2) is 45.2 Å². The molecular formula is C18H16N2O4S2. The molecule has 0 aliphatic carbocycles. The van der Waals surface area contributed by atoms with Gasteiger partial charge in [-0.05, 0) is 17.0 Å². The molecule has 2 aliphatic heterocycles. The average molecular weight is 388 g/mol. The summed E-state index contributed by atoms with van der Waals surface area (Å²) in [6.07, 6.45) is 0.193. The maximum atomic E-state index is 12.5. The Morgan fingerprint density at radius 3 is 2.58 bits per heavy atom. The third kappa shape index (κ3) is 2.89. The maximum absolute atomic E-state index is 12.5. The quantitative estimate of drug-likeness (QED) is 0.764. The van der Waals surface area contributed by atoms with Crippen molar-refractivity contribution in [3.63, 3.8) is 0 Å². The summed E-state index contributed by atoms with van der Waals surface area (Å²) in [5.74, 6) is -1.57. The minimum atomic E-state index is -1.01. The number of benzene rings is 1. The molecule has 1 aromatic heterocycles. The Morgan fingerprint density at radius 1 is 1.15 bits per heavy atom. The zero-order valence-electron chi connectivity index (χ0n) is 13.6. The Bertz CT molecular complexity index is 840. The minimum absolute atomic E-state index is 0.193. The number of carbonyl (C=O) groups is 3. The number of hydrogen-bond acceptors (Lipinski definition) is 5. The van der Waals surface area contributed by atoms with Crippen LogP contribution in [-0.2, 0) is 20.8 Å². The van der Waals surface area contributed by atoms with E-state index >= 15 is 0 Å². The monoisotopic (exact) mass is 388 g/mol. The van der Waals surface area contributed by atoms with Gasteiger partial charge < -0.3 is 15.3 Å². The van der Waals surface area contributed by atoms with Gasteiger partial charge in [0, 0.05) is 4.88 Å². The second-order valence-corrected chi connectivity index (χ2v) is 8.44. The Morgan fingerprint density at radius 2 is 1.92 bits per heavy atom. The van der Waals surface area contributed by atoms with Gasteiger partial charge in [0.25, 0.3) is 0 Å². The second kappa shape index (κ2) is 6.77. The van der Waals surface area contributed by atoms with Gasteiger partial charge in [-0.1, -0.05) is 36.4 Å². The molecule has 0 radical (unpaired) electrons. The number of amides is 2. The summed E-state index contributed by atoms with van der Waals surface area (Å²) < 4.78 is 0. The molecule has 2 aliphatic rings. The van der Waals surface area contributed by atoms with Crippen LogP contribution in [0.15, 0.2) is 47.8 Å². The van der Waals surface area contributed by atoms with Crippen molar-refractivity contribution in [2.24, 2.45) is 0 Å². The lowest BCUT2D eigenvalue weighted by Crippen LogP contribution is -2.70. The zero-order valence-corrected chi connectivity index (χ0v) is 15.2. The molecule has 6 nitrogen and oxygen atoms in total. The summed E-state index contributed by atoms with van der Waals surface area (Å²) in [5.41, 5.74) is 0.868. The Kier molecular flexibility index (Phi) is 4.46. The van der Waals surface area contributed by atoms with E-state index in [4.69, 9.17) is 0 Å². The number of rotatable bonds is 5. The second-order valence-electron chi connectivity index (χ2n) is 6.20. The standard InChI is InChI=1S/C18H16N2O4S2/c21-12(9-10-5-2-1-3-6-10)19-13-16(22)20-14(18(23)24)15(26-17(13)20)11-7-4-8-25-11/h1-8,13-15,17H,9H2,(H,19,21)(H,23,24)/t13-,14-,15-,17-/m1/s1. The Balaban J connectivity index is 1.47. The first-order chi connectivity index (χ1) is 12.6. The van der Waals surface area contributed by atoms with Crippen LogP contribution < -0.4 is 5.32 Å². The van der Waals surface area contributed by atoms with Gasteiger partial charge in [-0.3, -0.25) is 9.59 Å². The normalized spacial score (nSPS) is 26.9. The third-order valence-electron chi connectivity index (χ3n) is 4.55. The van der Waals surface area contributed by atoms with Gasteiger partial charge in [0.15, 0.2) is 0 Å². The van der Waals surface area contributed by atoms with Crippen molar-refractivity contribution in [2.75, 3.05) is 0 Å². The van der Waals surface area contributed by atoms with Gasteiger partial charge in [0.2, 0.25) is 11.8 Å². The highest BCUT2D eigenvalue weighted by Gasteiger charge is 2.61. The third-order valence-corrected chi connectivity index (χ3v) is 7.24. The van der Waals surface area contributed by atoms with Gasteiger partial charge in [0.05, 0.1) is 11.7 Å². The highest BCUT2D eigenvalue weighted by Crippen LogP contribution is 2.53. The van der Waals surface area contributed by atoms with Gasteiger partial charge in [-0.15, -0.1) is 23.1 Å². The van der Waals surface area contributed by atoms with Crippen LogP contribution in [0.3, 0.4) is 0 Å². The van der Waals surface area contributed by atoms with E-state index in [2.05, 4.69) is 5.32 Å². The smallest absolute Gasteiger partial charge is 0.328 e. The molecule has 2 amide bonds. The number of hydrogen-bond donors (Lipinski definition) is 2. The summed E-state index contributed by atoms with van der Waals surface area (Å²) in [5, 5.41) is 13.6. The van der Waals surface area contributed by atoms with Crippen molar-refractivity contribution in [3.8, 4) is 0 Å². The number of β-lactam (4-membered cyclic amide) rings is 1. The topological polar surface area (TPSA) is 86.7 Å². The highest BCUT2D eigenvalue weighted by molar-refractivity contribution is 8.00. The molecular weight excluding hydrogens is 372 g/mol. The molecule has 8 heteroatoms. The molecule has 2 fully saturated rings. The number of nitrogens with one attached hydrogen (secondary N) is 1. The SMILES string of the molecule is O=C(Cc1ccccc1)N[C@@H]1C(=O)N2[C@@H]1S[C@H](c1cccs1)[C@@H]2C(=O)O. The summed E-state index contributed by atoms with van der Waals surface area (Å²) in [6, 6.07) is 11.5. The molecule has 4 atom stereocenters. The van der Waals surface area contributed by atoms with Crippen LogP contribution in [0.2, 0.25) is 0 Å². The van der Waals surface area contributed by atoms with E-state index in [-0.39, 0.29) is 28.9 Å². The number of carbonyl (C=O) groups excluding carboxylic acids is 2. The number of fused-ring (bicyclic) bond motifs is 1. The van der Waals surface area contributed by atoms with Gasteiger partial charge in [0.1, 0.15) is 17.5 Å². The molecule has 0 saturated carbocycles. The molecule has 4 rings (SSSR count). The van der Waals surface area contributed by atoms with Crippen molar-refractivity contribution in [1.82, 2.24) is 10.2 Å². The first-order valence-electron chi connectivity index (χ1n) is 8.13. The number of carboxylic acids is 1. The van der Waals surface area contributed by atoms with Crippen LogP contribution in [0, 0.1) is 0 Å². The number of aliphatic carboxylic acids is 1. The Labute approximate surface area is 158 Å². The van der Waals surface area contributed by atoms with Crippen molar-refractivity contribution in [2.45, 2.75) is 29.1 Å². The number of thioether (sulfide) groups is 1. The zero-order chi connectivity index (χ0) is 18.3. The molecule has 26 heavy (non-hydrogen) atoms. The molecule has 0 spiro atoms. The van der Waals surface area contributed by atoms with Crippen LogP contribution in [0.5, 0.6) is 0 Å². The van der Waals surface area contributed by atoms with Gasteiger partial charge in [-0.25, -0.2) is 4.79 Å². The first-order valence-corrected chi connectivity index (χ1v) is 9.95. The molecule has 0 bridgehead atoms. The van der Waals surface area contributed by atoms with E-state index in [1.165, 1.54) is 28.0 Å². The largest absolute Gasteiger partial charge is 0.480 e. The molecule has 2 aromatic rings. The van der Waals surface area contributed by atoms with Crippen molar-refractivity contribution >= 4 is 40.9 Å². The highest BCUT2D eigenvalue weighted by atomic mass is 32.2. The fraction of sp³-hybridized carbons (Fsp3) is 0.278. The predicted molar refractivity (Wildman–Crippen MR) is 98.8 cm³/mol. The van der Waals surface area contributed by atoms with E-state index in [1.54, 1.807) is 0 Å². The minimum Gasteiger partial charge on any atom is -0.480 e. The number of carboxylic acid groups (broad SMARTS) is 1. The fourth-order valence-corrected chi connectivity index (χ4v) is 6.04. The van der Waals surface area contributed by atoms with Crippen molar-refractivity contribution < 1.29 is 19.5 Å². The van der Waals surface area contributed by atoms with Gasteiger partial charge in [-0.2, -0.15) is 0 Å². The maximum Gasteiger partial charge on any atom is 0.328 e. The van der Waals surface area contributed by atoms with E-state index in [0.29, 0.717) is 0 Å². The first kappa shape index (κ1) is 17.1. The van der Waals surface area contributed by atoms with E-state index in [1.807, 2.05) is 47.8 Å². The lowest BCUT2D eigenvalue weighted by atomic mass is 10.0. The Hall–Kier alpha value is -2.32. The summed E-state index contributed by atoms with van der Waals surface area (Å²) >= 11 is 2.92. The lowest BCUT2D eigenvalue weighted by Gasteiger charge is -2.43. The van der Waals surface area contributed by atoms with E-state index in [9.17, 15) is 19.5 Å². The molecule has 1 aromatic carbocycles. The van der Waals surface area contributed by atoms with E-state index in [0.717, 1.165) is 10.4 Å². The van der Waals surface area contributed by atoms with Gasteiger partial charge >= 0.3 is 5.97 Å². The molecule has 3 heterocycles. The fourth-order valence-electron chi connectivity index (χ4n) is 3.36. The van der Waals surface area contributed by atoms with Crippen LogP contribution in [0.1, 0.15) is 15.7 Å².